The largest absolute Gasteiger partial charge is 0.290 e. The maximum Gasteiger partial charge on any atom is 0.258 e. The molecule has 0 radical (unpaired) electrons. The molecule has 2 heterocycles. The van der Waals surface area contributed by atoms with Crippen molar-refractivity contribution in [3.8, 4) is 0 Å². The highest BCUT2D eigenvalue weighted by molar-refractivity contribution is 7.99. The average molecular weight is 325 g/mol. The zero-order valence-corrected chi connectivity index (χ0v) is 12.3. The second kappa shape index (κ2) is 5.13. The van der Waals surface area contributed by atoms with E-state index in [0.29, 0.717) is 11.5 Å². The first-order valence-corrected chi connectivity index (χ1v) is 8.48. The van der Waals surface area contributed by atoms with Crippen molar-refractivity contribution < 1.29 is 13.2 Å². The lowest BCUT2D eigenvalue weighted by Gasteiger charge is -2.05. The van der Waals surface area contributed by atoms with Crippen LogP contribution in [0.1, 0.15) is 10.4 Å². The molecule has 0 aliphatic carbocycles. The molecule has 3 rings (SSSR count). The summed E-state index contributed by atoms with van der Waals surface area (Å²) in [5, 5.41) is 16.3. The number of fused-ring (bicyclic) bond motifs is 1. The number of nitrogens with two attached hydrogens (primary N) is 1. The molecule has 8 nitrogen and oxygen atoms in total. The Kier molecular flexibility index (Phi) is 3.43. The van der Waals surface area contributed by atoms with Crippen LogP contribution < -0.4 is 10.5 Å². The van der Waals surface area contributed by atoms with Crippen molar-refractivity contribution in [1.29, 1.82) is 0 Å². The first kappa shape index (κ1) is 14.0. The number of hydrogen-bond acceptors (Lipinski definition) is 6. The van der Waals surface area contributed by atoms with Crippen molar-refractivity contribution in [2.24, 2.45) is 5.14 Å². The summed E-state index contributed by atoms with van der Waals surface area (Å²) in [6, 6.07) is 5.36. The zero-order valence-electron chi connectivity index (χ0n) is 10.7. The van der Waals surface area contributed by atoms with Gasteiger partial charge >= 0.3 is 0 Å². The highest BCUT2D eigenvalue weighted by atomic mass is 32.2. The van der Waals surface area contributed by atoms with Crippen molar-refractivity contribution in [1.82, 2.24) is 14.8 Å². The van der Waals surface area contributed by atoms with E-state index in [4.69, 9.17) is 5.14 Å². The molecule has 0 spiro atoms. The molecule has 2 aromatic rings. The summed E-state index contributed by atoms with van der Waals surface area (Å²) in [6.45, 7) is 0.743. The standard InChI is InChI=1S/C11H11N5O3S2/c12-21(18,19)8-3-1-7(2-4-8)9(17)13-10-14-15-11-16(10)5-6-20-11/h1-4H,5-6H2,(H2,12,18,19)(H,13,14,17). The van der Waals surface area contributed by atoms with Crippen LogP contribution in [0.2, 0.25) is 0 Å². The van der Waals surface area contributed by atoms with Gasteiger partial charge in [0.25, 0.3) is 5.91 Å². The van der Waals surface area contributed by atoms with Crippen LogP contribution in [0.15, 0.2) is 34.3 Å². The Bertz CT molecular complexity index is 798. The number of nitrogens with zero attached hydrogens (tertiary/aromatic N) is 3. The molecular formula is C11H11N5O3S2. The first-order valence-electron chi connectivity index (χ1n) is 5.95. The number of anilines is 1. The molecule has 10 heteroatoms. The molecule has 1 amide bonds. The van der Waals surface area contributed by atoms with Gasteiger partial charge in [-0.15, -0.1) is 10.2 Å². The minimum Gasteiger partial charge on any atom is -0.290 e. The number of primary sulfonamides is 1. The molecule has 0 saturated heterocycles. The van der Waals surface area contributed by atoms with E-state index in [1.54, 1.807) is 11.8 Å². The van der Waals surface area contributed by atoms with Gasteiger partial charge in [-0.05, 0) is 24.3 Å². The lowest BCUT2D eigenvalue weighted by Crippen LogP contribution is -2.16. The number of amides is 1. The van der Waals surface area contributed by atoms with E-state index >= 15 is 0 Å². The van der Waals surface area contributed by atoms with E-state index < -0.39 is 10.0 Å². The summed E-state index contributed by atoms with van der Waals surface area (Å²) >= 11 is 1.57. The Hall–Kier alpha value is -1.91. The Morgan fingerprint density at radius 2 is 2.00 bits per heavy atom. The van der Waals surface area contributed by atoms with Gasteiger partial charge in [0.05, 0.1) is 4.90 Å². The van der Waals surface area contributed by atoms with Gasteiger partial charge in [-0.3, -0.25) is 14.7 Å². The summed E-state index contributed by atoms with van der Waals surface area (Å²) in [7, 11) is -3.76. The molecule has 1 aliphatic heterocycles. The summed E-state index contributed by atoms with van der Waals surface area (Å²) < 4.78 is 24.1. The van der Waals surface area contributed by atoms with Gasteiger partial charge in [0.15, 0.2) is 5.16 Å². The molecule has 0 fully saturated rings. The van der Waals surface area contributed by atoms with Gasteiger partial charge in [0, 0.05) is 17.9 Å². The van der Waals surface area contributed by atoms with Crippen molar-refractivity contribution in [3.05, 3.63) is 29.8 Å². The maximum atomic E-state index is 12.1. The number of hydrogen-bond donors (Lipinski definition) is 2. The Morgan fingerprint density at radius 1 is 1.29 bits per heavy atom. The molecule has 3 N–H and O–H groups in total. The van der Waals surface area contributed by atoms with Crippen molar-refractivity contribution >= 4 is 33.6 Å². The van der Waals surface area contributed by atoms with Crippen LogP contribution in [0.4, 0.5) is 5.95 Å². The fourth-order valence-electron chi connectivity index (χ4n) is 1.89. The summed E-state index contributed by atoms with van der Waals surface area (Å²) in [5.74, 6) is 0.898. The van der Waals surface area contributed by atoms with E-state index in [1.165, 1.54) is 24.3 Å². The fourth-order valence-corrected chi connectivity index (χ4v) is 3.29. The van der Waals surface area contributed by atoms with Gasteiger partial charge in [-0.1, -0.05) is 11.8 Å². The number of aromatic nitrogens is 3. The third kappa shape index (κ3) is 2.77. The molecule has 21 heavy (non-hydrogen) atoms. The van der Waals surface area contributed by atoms with E-state index in [0.717, 1.165) is 17.5 Å². The minimum atomic E-state index is -3.76. The predicted octanol–water partition coefficient (Wildman–Crippen LogP) is 0.283. The Morgan fingerprint density at radius 3 is 2.67 bits per heavy atom. The molecule has 0 saturated carbocycles. The lowest BCUT2D eigenvalue weighted by molar-refractivity contribution is 0.102. The monoisotopic (exact) mass is 325 g/mol. The number of carbonyl (C=O) groups excluding carboxylic acids is 1. The zero-order chi connectivity index (χ0) is 15.0. The molecule has 1 aromatic heterocycles. The molecule has 110 valence electrons. The number of thioether (sulfide) groups is 1. The fraction of sp³-hybridized carbons (Fsp3) is 0.182. The lowest BCUT2D eigenvalue weighted by atomic mass is 10.2. The third-order valence-corrected chi connectivity index (χ3v) is 4.81. The topological polar surface area (TPSA) is 120 Å². The molecule has 1 aliphatic rings. The van der Waals surface area contributed by atoms with Crippen molar-refractivity contribution in [2.45, 2.75) is 16.6 Å². The molecule has 1 aromatic carbocycles. The van der Waals surface area contributed by atoms with Gasteiger partial charge in [0.2, 0.25) is 16.0 Å². The predicted molar refractivity (Wildman–Crippen MR) is 76.5 cm³/mol. The van der Waals surface area contributed by atoms with Gasteiger partial charge in [-0.25, -0.2) is 13.6 Å². The summed E-state index contributed by atoms with van der Waals surface area (Å²) in [4.78, 5) is 12.1. The van der Waals surface area contributed by atoms with Gasteiger partial charge in [0.1, 0.15) is 0 Å². The van der Waals surface area contributed by atoms with Crippen molar-refractivity contribution in [2.75, 3.05) is 11.1 Å². The Balaban J connectivity index is 1.79. The van der Waals surface area contributed by atoms with Crippen LogP contribution in [-0.4, -0.2) is 34.8 Å². The summed E-state index contributed by atoms with van der Waals surface area (Å²) in [6.07, 6.45) is 0. The first-order chi connectivity index (χ1) is 9.95. The van der Waals surface area contributed by atoms with Crippen LogP contribution >= 0.6 is 11.8 Å². The third-order valence-electron chi connectivity index (χ3n) is 2.93. The normalized spacial score (nSPS) is 14.0. The number of carbonyl (C=O) groups is 1. The number of nitrogens with one attached hydrogen (secondary N) is 1. The quantitative estimate of drug-likeness (QED) is 0.836. The molecular weight excluding hydrogens is 314 g/mol. The number of sulfonamides is 1. The minimum absolute atomic E-state index is 0.0428. The second-order valence-corrected chi connectivity index (χ2v) is 6.95. The van der Waals surface area contributed by atoms with E-state index in [1.807, 2.05) is 4.57 Å². The molecule has 0 unspecified atom stereocenters. The van der Waals surface area contributed by atoms with E-state index in [9.17, 15) is 13.2 Å². The van der Waals surface area contributed by atoms with Gasteiger partial charge in [-0.2, -0.15) is 0 Å². The number of rotatable bonds is 3. The SMILES string of the molecule is NS(=O)(=O)c1ccc(C(=O)Nc2nnc3n2CCS3)cc1. The van der Waals surface area contributed by atoms with Crippen LogP contribution in [-0.2, 0) is 16.6 Å². The van der Waals surface area contributed by atoms with E-state index in [-0.39, 0.29) is 10.8 Å². The van der Waals surface area contributed by atoms with Crippen LogP contribution in [0.25, 0.3) is 0 Å². The van der Waals surface area contributed by atoms with Crippen LogP contribution in [0.3, 0.4) is 0 Å². The van der Waals surface area contributed by atoms with Gasteiger partial charge < -0.3 is 0 Å². The van der Waals surface area contributed by atoms with Crippen molar-refractivity contribution in [3.63, 3.8) is 0 Å². The highest BCUT2D eigenvalue weighted by Gasteiger charge is 2.20. The van der Waals surface area contributed by atoms with E-state index in [2.05, 4.69) is 15.5 Å². The smallest absolute Gasteiger partial charge is 0.258 e. The van der Waals surface area contributed by atoms with Crippen LogP contribution in [0.5, 0.6) is 0 Å². The molecule has 0 bridgehead atoms. The second-order valence-electron chi connectivity index (χ2n) is 4.33. The summed E-state index contributed by atoms with van der Waals surface area (Å²) in [5.41, 5.74) is 0.311. The maximum absolute atomic E-state index is 12.1. The van der Waals surface area contributed by atoms with Crippen LogP contribution in [0, 0.1) is 0 Å². The average Bonchev–Trinajstić information content (AvgIpc) is 3.03. The number of benzene rings is 1. The Labute approximate surface area is 124 Å². The highest BCUT2D eigenvalue weighted by Crippen LogP contribution is 2.26. The molecule has 0 atom stereocenters.